The third kappa shape index (κ3) is 11.1. The molecule has 2 nitrogen and oxygen atoms in total. The summed E-state index contributed by atoms with van der Waals surface area (Å²) in [7, 11) is -5.85. The van der Waals surface area contributed by atoms with Crippen molar-refractivity contribution in [1.29, 1.82) is 0 Å². The minimum absolute atomic E-state index is 0.139. The van der Waals surface area contributed by atoms with Gasteiger partial charge in [0.2, 0.25) is 0 Å². The molecule has 1 unspecified atom stereocenters. The van der Waals surface area contributed by atoms with Gasteiger partial charge in [0.1, 0.15) is 0 Å². The van der Waals surface area contributed by atoms with Crippen LogP contribution < -0.4 is 0 Å². The summed E-state index contributed by atoms with van der Waals surface area (Å²) < 4.78 is 48.8. The van der Waals surface area contributed by atoms with Gasteiger partial charge < -0.3 is 8.23 Å². The second kappa shape index (κ2) is 8.11. The third-order valence-electron chi connectivity index (χ3n) is 2.97. The zero-order valence-corrected chi connectivity index (χ0v) is 16.7. The van der Waals surface area contributed by atoms with Crippen LogP contribution in [0.25, 0.3) is 0 Å². The molecule has 0 rings (SSSR count). The molecule has 0 saturated heterocycles. The maximum Gasteiger partial charge on any atom is 0.388 e. The molecule has 0 aromatic heterocycles. The highest BCUT2D eigenvalue weighted by Gasteiger charge is 2.36. The van der Waals surface area contributed by atoms with Crippen molar-refractivity contribution in [2.45, 2.75) is 77.2 Å². The number of halogens is 3. The zero-order chi connectivity index (χ0) is 16.0. The molecule has 0 bridgehead atoms. The van der Waals surface area contributed by atoms with Gasteiger partial charge in [-0.2, -0.15) is 13.2 Å². The number of rotatable bonds is 9. The summed E-state index contributed by atoms with van der Waals surface area (Å²) in [6, 6.07) is 1.22. The van der Waals surface area contributed by atoms with Crippen molar-refractivity contribution in [3.8, 4) is 0 Å². The Morgan fingerprint density at radius 1 is 1.10 bits per heavy atom. The Labute approximate surface area is 125 Å². The van der Waals surface area contributed by atoms with E-state index in [-0.39, 0.29) is 6.04 Å². The molecule has 0 N–H and O–H groups in total. The van der Waals surface area contributed by atoms with Gasteiger partial charge in [-0.3, -0.25) is 0 Å². The Kier molecular flexibility index (Phi) is 8.26. The molecule has 20 heavy (non-hydrogen) atoms. The molecule has 0 aliphatic heterocycles. The molecule has 0 fully saturated rings. The van der Waals surface area contributed by atoms with Gasteiger partial charge in [-0.05, 0) is 44.8 Å². The van der Waals surface area contributed by atoms with Crippen LogP contribution in [0.2, 0.25) is 44.8 Å². The maximum atomic E-state index is 12.2. The van der Waals surface area contributed by atoms with Crippen molar-refractivity contribution >= 4 is 25.9 Å². The van der Waals surface area contributed by atoms with Crippen LogP contribution >= 0.6 is 0 Å². The van der Waals surface area contributed by atoms with E-state index in [0.29, 0.717) is 0 Å². The first-order chi connectivity index (χ1) is 8.87. The summed E-state index contributed by atoms with van der Waals surface area (Å²) >= 11 is 0. The zero-order valence-electron chi connectivity index (χ0n) is 13.6. The summed E-state index contributed by atoms with van der Waals surface area (Å²) in [5, 5.41) is 0. The smallest absolute Gasteiger partial charge is 0.388 e. The highest BCUT2D eigenvalue weighted by Crippen LogP contribution is 2.26. The van der Waals surface area contributed by atoms with Crippen molar-refractivity contribution in [3.05, 3.63) is 0 Å². The quantitative estimate of drug-likeness (QED) is 0.545. The van der Waals surface area contributed by atoms with Crippen molar-refractivity contribution in [3.63, 3.8) is 0 Å². The molecule has 1 atom stereocenters. The SMILES string of the molecule is CCCC[Si](C)(C)O[Si](C)(C)O[SiH](C)CCC(F)(F)F. The molecule has 0 heterocycles. The van der Waals surface area contributed by atoms with Gasteiger partial charge in [-0.15, -0.1) is 0 Å². The van der Waals surface area contributed by atoms with Gasteiger partial charge in [0.25, 0.3) is 0 Å². The lowest BCUT2D eigenvalue weighted by molar-refractivity contribution is -0.130. The monoisotopic (exact) mass is 346 g/mol. The van der Waals surface area contributed by atoms with Gasteiger partial charge in [0.15, 0.2) is 17.4 Å². The van der Waals surface area contributed by atoms with Crippen LogP contribution in [0.15, 0.2) is 0 Å². The lowest BCUT2D eigenvalue weighted by Crippen LogP contribution is -2.48. The Hall–Kier alpha value is 0.361. The molecule has 0 aliphatic carbocycles. The van der Waals surface area contributed by atoms with Crippen molar-refractivity contribution < 1.29 is 21.4 Å². The molecule has 0 aliphatic rings. The van der Waals surface area contributed by atoms with Crippen LogP contribution in [0, 0.1) is 0 Å². The largest absolute Gasteiger partial charge is 0.439 e. The van der Waals surface area contributed by atoms with Crippen molar-refractivity contribution in [2.24, 2.45) is 0 Å². The minimum Gasteiger partial charge on any atom is -0.439 e. The second-order valence-electron chi connectivity index (χ2n) is 6.45. The van der Waals surface area contributed by atoms with Crippen LogP contribution in [0.1, 0.15) is 26.2 Å². The van der Waals surface area contributed by atoms with E-state index in [2.05, 4.69) is 20.0 Å². The average Bonchev–Trinajstić information content (AvgIpc) is 2.20. The fraction of sp³-hybridized carbons (Fsp3) is 1.00. The Morgan fingerprint density at radius 3 is 2.10 bits per heavy atom. The molecule has 0 aromatic rings. The van der Waals surface area contributed by atoms with E-state index in [9.17, 15) is 13.2 Å². The molecular formula is C12H29F3O2Si3. The maximum absolute atomic E-state index is 12.2. The molecule has 0 saturated carbocycles. The Morgan fingerprint density at radius 2 is 1.65 bits per heavy atom. The van der Waals surface area contributed by atoms with Crippen LogP contribution in [-0.4, -0.2) is 32.1 Å². The number of alkyl halides is 3. The van der Waals surface area contributed by atoms with Gasteiger partial charge in [-0.1, -0.05) is 19.8 Å². The van der Waals surface area contributed by atoms with E-state index in [1.54, 1.807) is 0 Å². The van der Waals surface area contributed by atoms with Crippen LogP contribution in [0.4, 0.5) is 13.2 Å². The van der Waals surface area contributed by atoms with Crippen LogP contribution in [0.5, 0.6) is 0 Å². The second-order valence-corrected chi connectivity index (χ2v) is 17.2. The Balaban J connectivity index is 4.29. The fourth-order valence-corrected chi connectivity index (χ4v) is 14.9. The van der Waals surface area contributed by atoms with E-state index in [0.717, 1.165) is 18.9 Å². The molecular weight excluding hydrogens is 317 g/mol. The summed E-state index contributed by atoms with van der Waals surface area (Å²) in [5.74, 6) is 0. The fourth-order valence-electron chi connectivity index (χ4n) is 2.25. The summed E-state index contributed by atoms with van der Waals surface area (Å²) in [5.41, 5.74) is 0. The normalized spacial score (nSPS) is 15.4. The molecule has 122 valence electrons. The predicted molar refractivity (Wildman–Crippen MR) is 85.3 cm³/mol. The van der Waals surface area contributed by atoms with E-state index >= 15 is 0 Å². The number of hydrogen-bond donors (Lipinski definition) is 0. The van der Waals surface area contributed by atoms with Crippen molar-refractivity contribution in [1.82, 2.24) is 0 Å². The minimum atomic E-state index is -4.08. The number of hydrogen-bond acceptors (Lipinski definition) is 2. The van der Waals surface area contributed by atoms with Gasteiger partial charge in [-0.25, -0.2) is 0 Å². The topological polar surface area (TPSA) is 18.5 Å². The first-order valence-electron chi connectivity index (χ1n) is 7.31. The van der Waals surface area contributed by atoms with Crippen molar-refractivity contribution in [2.75, 3.05) is 0 Å². The first kappa shape index (κ1) is 20.4. The standard InChI is InChI=1S/C12H29F3O2Si3/c1-7-8-11-19(3,4)17-20(5,6)16-18(2)10-9-12(13,14)15/h18H,7-11H2,1-6H3. The average molecular weight is 347 g/mol. The van der Waals surface area contributed by atoms with E-state index in [4.69, 9.17) is 8.23 Å². The van der Waals surface area contributed by atoms with Crippen LogP contribution in [-0.2, 0) is 8.23 Å². The molecule has 0 amide bonds. The molecule has 0 radical (unpaired) electrons. The lowest BCUT2D eigenvalue weighted by Gasteiger charge is -2.35. The van der Waals surface area contributed by atoms with Gasteiger partial charge >= 0.3 is 14.7 Å². The molecule has 8 heteroatoms. The highest BCUT2D eigenvalue weighted by molar-refractivity contribution is 6.84. The number of unbranched alkanes of at least 4 members (excludes halogenated alkanes) is 1. The van der Waals surface area contributed by atoms with E-state index < -0.39 is 38.5 Å². The Bertz CT molecular complexity index is 284. The third-order valence-corrected chi connectivity index (χ3v) is 13.7. The highest BCUT2D eigenvalue weighted by atomic mass is 28.5. The molecule has 0 aromatic carbocycles. The first-order valence-corrected chi connectivity index (χ1v) is 15.7. The van der Waals surface area contributed by atoms with Gasteiger partial charge in [0.05, 0.1) is 0 Å². The van der Waals surface area contributed by atoms with Crippen LogP contribution in [0.3, 0.4) is 0 Å². The van der Waals surface area contributed by atoms with Gasteiger partial charge in [0, 0.05) is 6.42 Å². The molecule has 0 spiro atoms. The van der Waals surface area contributed by atoms with E-state index in [1.165, 1.54) is 0 Å². The predicted octanol–water partition coefficient (Wildman–Crippen LogP) is 5.03. The van der Waals surface area contributed by atoms with E-state index in [1.807, 2.05) is 19.6 Å². The summed E-state index contributed by atoms with van der Waals surface area (Å²) in [6.45, 7) is 12.3. The summed E-state index contributed by atoms with van der Waals surface area (Å²) in [6.07, 6.45) is -2.53. The summed E-state index contributed by atoms with van der Waals surface area (Å²) in [4.78, 5) is 0. The lowest BCUT2D eigenvalue weighted by atomic mass is 10.4.